The number of imidazole rings is 1. The van der Waals surface area contributed by atoms with Crippen molar-refractivity contribution in [1.29, 1.82) is 0 Å². The minimum absolute atomic E-state index is 0.0576. The van der Waals surface area contributed by atoms with Gasteiger partial charge in [0.2, 0.25) is 5.91 Å². The number of halogens is 1. The first-order valence-corrected chi connectivity index (χ1v) is 6.64. The van der Waals surface area contributed by atoms with E-state index in [2.05, 4.69) is 9.88 Å². The normalized spacial score (nSPS) is 16.9. The molecule has 0 bridgehead atoms. The SMILES string of the molecule is COCC(=O)N1CCN(Cc2ncc(Cl)n2C)CC1. The molecule has 0 aromatic carbocycles. The van der Waals surface area contributed by atoms with E-state index in [9.17, 15) is 4.79 Å². The van der Waals surface area contributed by atoms with Crippen molar-refractivity contribution in [2.24, 2.45) is 7.05 Å². The predicted molar refractivity (Wildman–Crippen MR) is 72.0 cm³/mol. The number of aromatic nitrogens is 2. The monoisotopic (exact) mass is 286 g/mol. The summed E-state index contributed by atoms with van der Waals surface area (Å²) in [5.74, 6) is 1.00. The van der Waals surface area contributed by atoms with Crippen LogP contribution in [-0.4, -0.2) is 65.2 Å². The van der Waals surface area contributed by atoms with Gasteiger partial charge in [0.25, 0.3) is 0 Å². The molecule has 0 saturated carbocycles. The third-order valence-corrected chi connectivity index (χ3v) is 3.74. The number of nitrogens with zero attached hydrogens (tertiary/aromatic N) is 4. The minimum atomic E-state index is 0.0576. The summed E-state index contributed by atoms with van der Waals surface area (Å²) in [6.45, 7) is 4.09. The van der Waals surface area contributed by atoms with Crippen molar-refractivity contribution < 1.29 is 9.53 Å². The summed E-state index contributed by atoms with van der Waals surface area (Å²) >= 11 is 5.96. The summed E-state index contributed by atoms with van der Waals surface area (Å²) in [5, 5.41) is 0.643. The van der Waals surface area contributed by atoms with Crippen molar-refractivity contribution in [3.63, 3.8) is 0 Å². The van der Waals surface area contributed by atoms with E-state index in [-0.39, 0.29) is 12.5 Å². The number of ether oxygens (including phenoxy) is 1. The molecule has 19 heavy (non-hydrogen) atoms. The van der Waals surface area contributed by atoms with Crippen molar-refractivity contribution >= 4 is 17.5 Å². The molecule has 2 heterocycles. The number of amides is 1. The van der Waals surface area contributed by atoms with Gasteiger partial charge in [0.05, 0.1) is 12.7 Å². The highest BCUT2D eigenvalue weighted by atomic mass is 35.5. The topological polar surface area (TPSA) is 50.6 Å². The highest BCUT2D eigenvalue weighted by molar-refractivity contribution is 6.29. The molecule has 0 N–H and O–H groups in total. The van der Waals surface area contributed by atoms with E-state index >= 15 is 0 Å². The fourth-order valence-corrected chi connectivity index (χ4v) is 2.29. The van der Waals surface area contributed by atoms with Crippen LogP contribution in [0.5, 0.6) is 0 Å². The van der Waals surface area contributed by atoms with Gasteiger partial charge in [-0.3, -0.25) is 9.69 Å². The van der Waals surface area contributed by atoms with Crippen LogP contribution in [0.2, 0.25) is 5.15 Å². The molecule has 1 aliphatic rings. The molecule has 1 aromatic heterocycles. The second-order valence-electron chi connectivity index (χ2n) is 4.65. The number of carbonyl (C=O) groups excluding carboxylic acids is 1. The highest BCUT2D eigenvalue weighted by Gasteiger charge is 2.21. The summed E-state index contributed by atoms with van der Waals surface area (Å²) in [6.07, 6.45) is 1.66. The number of carbonyl (C=O) groups is 1. The fourth-order valence-electron chi connectivity index (χ4n) is 2.14. The van der Waals surface area contributed by atoms with E-state index < -0.39 is 0 Å². The molecule has 0 radical (unpaired) electrons. The third-order valence-electron chi connectivity index (χ3n) is 3.39. The zero-order valence-electron chi connectivity index (χ0n) is 11.3. The molecule has 6 nitrogen and oxygen atoms in total. The van der Waals surface area contributed by atoms with Gasteiger partial charge >= 0.3 is 0 Å². The lowest BCUT2D eigenvalue weighted by Gasteiger charge is -2.34. The lowest BCUT2D eigenvalue weighted by atomic mass is 10.3. The number of hydrogen-bond donors (Lipinski definition) is 0. The minimum Gasteiger partial charge on any atom is -0.375 e. The van der Waals surface area contributed by atoms with Crippen LogP contribution in [0, 0.1) is 0 Å². The lowest BCUT2D eigenvalue weighted by Crippen LogP contribution is -2.49. The van der Waals surface area contributed by atoms with E-state index in [0.29, 0.717) is 5.15 Å². The molecule has 0 aliphatic carbocycles. The van der Waals surface area contributed by atoms with Crippen molar-refractivity contribution in [2.45, 2.75) is 6.54 Å². The molecule has 1 aromatic rings. The van der Waals surface area contributed by atoms with E-state index in [1.165, 1.54) is 0 Å². The molecule has 1 aliphatic heterocycles. The molecule has 0 unspecified atom stereocenters. The van der Waals surface area contributed by atoms with Crippen LogP contribution in [0.25, 0.3) is 0 Å². The summed E-state index contributed by atoms with van der Waals surface area (Å²) in [5.41, 5.74) is 0. The summed E-state index contributed by atoms with van der Waals surface area (Å²) in [7, 11) is 3.45. The maximum Gasteiger partial charge on any atom is 0.248 e. The Morgan fingerprint density at radius 2 is 2.11 bits per heavy atom. The quantitative estimate of drug-likeness (QED) is 0.802. The molecule has 106 valence electrons. The number of piperazine rings is 1. The van der Waals surface area contributed by atoms with E-state index in [4.69, 9.17) is 16.3 Å². The van der Waals surface area contributed by atoms with Crippen LogP contribution < -0.4 is 0 Å². The van der Waals surface area contributed by atoms with Crippen LogP contribution in [0.3, 0.4) is 0 Å². The zero-order valence-corrected chi connectivity index (χ0v) is 12.1. The van der Waals surface area contributed by atoms with E-state index in [1.54, 1.807) is 13.3 Å². The maximum absolute atomic E-state index is 11.7. The van der Waals surface area contributed by atoms with Gasteiger partial charge in [0.15, 0.2) is 0 Å². The van der Waals surface area contributed by atoms with E-state index in [0.717, 1.165) is 38.5 Å². The van der Waals surface area contributed by atoms with Crippen LogP contribution in [0.4, 0.5) is 0 Å². The van der Waals surface area contributed by atoms with Crippen molar-refractivity contribution in [1.82, 2.24) is 19.4 Å². The average molecular weight is 287 g/mol. The Kier molecular flexibility index (Phi) is 4.79. The molecule has 7 heteroatoms. The molecule has 0 spiro atoms. The Balaban J connectivity index is 1.83. The fraction of sp³-hybridized carbons (Fsp3) is 0.667. The summed E-state index contributed by atoms with van der Waals surface area (Å²) in [4.78, 5) is 20.1. The Hall–Kier alpha value is -1.11. The highest BCUT2D eigenvalue weighted by Crippen LogP contribution is 2.12. The van der Waals surface area contributed by atoms with Crippen LogP contribution in [-0.2, 0) is 23.1 Å². The van der Waals surface area contributed by atoms with Gasteiger partial charge in [0, 0.05) is 40.3 Å². The average Bonchev–Trinajstić information content (AvgIpc) is 2.72. The molecular formula is C12H19ClN4O2. The summed E-state index contributed by atoms with van der Waals surface area (Å²) < 4.78 is 6.74. The second-order valence-corrected chi connectivity index (χ2v) is 5.03. The largest absolute Gasteiger partial charge is 0.375 e. The zero-order chi connectivity index (χ0) is 13.8. The van der Waals surface area contributed by atoms with Crippen molar-refractivity contribution in [3.8, 4) is 0 Å². The van der Waals surface area contributed by atoms with Gasteiger partial charge in [-0.25, -0.2) is 4.98 Å². The molecule has 1 fully saturated rings. The number of methoxy groups -OCH3 is 1. The molecule has 1 amide bonds. The molecule has 2 rings (SSSR count). The Labute approximate surface area is 117 Å². The van der Waals surface area contributed by atoms with Gasteiger partial charge < -0.3 is 14.2 Å². The second kappa shape index (κ2) is 6.36. The Bertz CT molecular complexity index is 441. The van der Waals surface area contributed by atoms with Crippen molar-refractivity contribution in [3.05, 3.63) is 17.2 Å². The van der Waals surface area contributed by atoms with Crippen LogP contribution >= 0.6 is 11.6 Å². The van der Waals surface area contributed by atoms with E-state index in [1.807, 2.05) is 16.5 Å². The maximum atomic E-state index is 11.7. The third kappa shape index (κ3) is 3.46. The first kappa shape index (κ1) is 14.3. The molecular weight excluding hydrogens is 268 g/mol. The lowest BCUT2D eigenvalue weighted by molar-refractivity contribution is -0.136. The first-order valence-electron chi connectivity index (χ1n) is 6.27. The first-order chi connectivity index (χ1) is 9.11. The van der Waals surface area contributed by atoms with Crippen molar-refractivity contribution in [2.75, 3.05) is 39.9 Å². The molecule has 1 saturated heterocycles. The molecule has 0 atom stereocenters. The van der Waals surface area contributed by atoms with Crippen LogP contribution in [0.15, 0.2) is 6.20 Å². The number of rotatable bonds is 4. The summed E-state index contributed by atoms with van der Waals surface area (Å²) in [6, 6.07) is 0. The van der Waals surface area contributed by atoms with Gasteiger partial charge in [-0.2, -0.15) is 0 Å². The number of hydrogen-bond acceptors (Lipinski definition) is 4. The van der Waals surface area contributed by atoms with Gasteiger partial charge in [-0.1, -0.05) is 11.6 Å². The smallest absolute Gasteiger partial charge is 0.248 e. The standard InChI is InChI=1S/C12H19ClN4O2/c1-15-10(13)7-14-11(15)8-16-3-5-17(6-4-16)12(18)9-19-2/h7H,3-6,8-9H2,1-2H3. The Morgan fingerprint density at radius 3 is 2.63 bits per heavy atom. The van der Waals surface area contributed by atoms with Gasteiger partial charge in [-0.15, -0.1) is 0 Å². The Morgan fingerprint density at radius 1 is 1.42 bits per heavy atom. The van der Waals surface area contributed by atoms with Gasteiger partial charge in [0.1, 0.15) is 17.6 Å². The predicted octanol–water partition coefficient (Wildman–Crippen LogP) is 0.364. The van der Waals surface area contributed by atoms with Crippen LogP contribution in [0.1, 0.15) is 5.82 Å². The van der Waals surface area contributed by atoms with Gasteiger partial charge in [-0.05, 0) is 0 Å².